The molecule has 0 aliphatic carbocycles. The molecule has 22 heavy (non-hydrogen) atoms. The third-order valence-electron chi connectivity index (χ3n) is 2.78. The second kappa shape index (κ2) is 4.88. The lowest BCUT2D eigenvalue weighted by atomic mass is 10.1. The van der Waals surface area contributed by atoms with Gasteiger partial charge in [-0.25, -0.2) is 0 Å². The van der Waals surface area contributed by atoms with Gasteiger partial charge in [0.1, 0.15) is 15.5 Å². The number of fused-ring (bicyclic) bond motifs is 1. The average molecular weight is 349 g/mol. The number of aromatic hydroxyl groups is 2. The van der Waals surface area contributed by atoms with Crippen molar-refractivity contribution in [3.63, 3.8) is 0 Å². The van der Waals surface area contributed by atoms with Crippen LogP contribution >= 0.6 is 0 Å². The SMILES string of the molecule is O=Nc1c(O)c(S(=O)(=O)O)cc2cc(S(=O)(=O)O)c(O)cc12. The van der Waals surface area contributed by atoms with E-state index in [1.807, 2.05) is 0 Å². The highest BCUT2D eigenvalue weighted by Crippen LogP contribution is 2.42. The van der Waals surface area contributed by atoms with Gasteiger partial charge in [0.15, 0.2) is 11.4 Å². The first-order valence-electron chi connectivity index (χ1n) is 5.28. The summed E-state index contributed by atoms with van der Waals surface area (Å²) in [6.07, 6.45) is 0. The maximum Gasteiger partial charge on any atom is 0.298 e. The van der Waals surface area contributed by atoms with Crippen LogP contribution in [0.3, 0.4) is 0 Å². The van der Waals surface area contributed by atoms with E-state index in [0.29, 0.717) is 18.2 Å². The van der Waals surface area contributed by atoms with E-state index in [1.165, 1.54) is 0 Å². The van der Waals surface area contributed by atoms with E-state index in [4.69, 9.17) is 9.11 Å². The second-order valence-electron chi connectivity index (χ2n) is 4.15. The maximum atomic E-state index is 11.1. The number of hydrogen-bond donors (Lipinski definition) is 4. The van der Waals surface area contributed by atoms with Crippen molar-refractivity contribution in [2.45, 2.75) is 9.79 Å². The van der Waals surface area contributed by atoms with Crippen LogP contribution in [0, 0.1) is 4.91 Å². The van der Waals surface area contributed by atoms with Crippen molar-refractivity contribution < 1.29 is 36.2 Å². The average Bonchev–Trinajstić information content (AvgIpc) is 2.35. The van der Waals surface area contributed by atoms with Crippen LogP contribution < -0.4 is 0 Å². The largest absolute Gasteiger partial charge is 0.506 e. The molecular formula is C10H7NO9S2. The molecule has 0 saturated heterocycles. The Kier molecular flexibility index (Phi) is 3.57. The van der Waals surface area contributed by atoms with Gasteiger partial charge in [-0.3, -0.25) is 9.11 Å². The van der Waals surface area contributed by atoms with Gasteiger partial charge in [0.25, 0.3) is 20.2 Å². The number of benzene rings is 2. The van der Waals surface area contributed by atoms with Crippen LogP contribution in [0.25, 0.3) is 10.8 Å². The van der Waals surface area contributed by atoms with Crippen LogP contribution in [0.4, 0.5) is 5.69 Å². The topological polar surface area (TPSA) is 179 Å². The van der Waals surface area contributed by atoms with E-state index in [2.05, 4.69) is 5.18 Å². The molecule has 0 spiro atoms. The van der Waals surface area contributed by atoms with Gasteiger partial charge in [-0.1, -0.05) is 0 Å². The molecule has 0 heterocycles. The molecule has 0 aliphatic rings. The Morgan fingerprint density at radius 2 is 1.36 bits per heavy atom. The normalized spacial score (nSPS) is 12.5. The van der Waals surface area contributed by atoms with Gasteiger partial charge in [-0.2, -0.15) is 16.8 Å². The summed E-state index contributed by atoms with van der Waals surface area (Å²) < 4.78 is 62.4. The minimum absolute atomic E-state index is 0.287. The van der Waals surface area contributed by atoms with Crippen molar-refractivity contribution in [2.24, 2.45) is 5.18 Å². The van der Waals surface area contributed by atoms with Gasteiger partial charge >= 0.3 is 0 Å². The smallest absolute Gasteiger partial charge is 0.298 e. The Morgan fingerprint density at radius 3 is 1.82 bits per heavy atom. The van der Waals surface area contributed by atoms with Crippen molar-refractivity contribution in [1.29, 1.82) is 0 Å². The highest BCUT2D eigenvalue weighted by atomic mass is 32.2. The molecule has 0 unspecified atom stereocenters. The highest BCUT2D eigenvalue weighted by Gasteiger charge is 2.25. The molecule has 2 aromatic rings. The van der Waals surface area contributed by atoms with E-state index in [-0.39, 0.29) is 10.8 Å². The third kappa shape index (κ3) is 2.59. The van der Waals surface area contributed by atoms with E-state index >= 15 is 0 Å². The summed E-state index contributed by atoms with van der Waals surface area (Å²) in [7, 11) is -9.78. The van der Waals surface area contributed by atoms with E-state index < -0.39 is 47.2 Å². The van der Waals surface area contributed by atoms with Crippen LogP contribution in [0.15, 0.2) is 33.2 Å². The summed E-state index contributed by atoms with van der Waals surface area (Å²) in [5.74, 6) is -2.11. The van der Waals surface area contributed by atoms with Crippen molar-refractivity contribution in [3.8, 4) is 11.5 Å². The Balaban J connectivity index is 3.07. The molecule has 2 aromatic carbocycles. The van der Waals surface area contributed by atoms with Gasteiger partial charge in [0.2, 0.25) is 0 Å². The first-order valence-corrected chi connectivity index (χ1v) is 8.16. The third-order valence-corrected chi connectivity index (χ3v) is 4.53. The van der Waals surface area contributed by atoms with Gasteiger partial charge in [-0.15, -0.1) is 4.91 Å². The Morgan fingerprint density at radius 1 is 0.864 bits per heavy atom. The molecule has 12 heteroatoms. The maximum absolute atomic E-state index is 11.1. The zero-order valence-corrected chi connectivity index (χ0v) is 12.0. The van der Waals surface area contributed by atoms with E-state index in [1.54, 1.807) is 0 Å². The molecule has 0 fully saturated rings. The predicted molar refractivity (Wildman–Crippen MR) is 72.4 cm³/mol. The fraction of sp³-hybridized carbons (Fsp3) is 0. The number of nitroso groups, excluding NO2 is 1. The van der Waals surface area contributed by atoms with Crippen molar-refractivity contribution in [2.75, 3.05) is 0 Å². The standard InChI is InChI=1S/C10H7NO9S2/c12-6-3-5-4(1-7(6)21(15,16)17)2-8(22(18,19)20)10(13)9(5)11-14/h1-3,12-13H,(H,15,16,17)(H,18,19,20). The molecule has 2 rings (SSSR count). The number of rotatable bonds is 3. The lowest BCUT2D eigenvalue weighted by Gasteiger charge is -2.09. The molecule has 0 radical (unpaired) electrons. The number of hydrogen-bond acceptors (Lipinski definition) is 8. The molecule has 0 atom stereocenters. The highest BCUT2D eigenvalue weighted by molar-refractivity contribution is 7.86. The van der Waals surface area contributed by atoms with Gasteiger partial charge < -0.3 is 10.2 Å². The number of nitrogens with zero attached hydrogens (tertiary/aromatic N) is 1. The Bertz CT molecular complexity index is 1000. The molecule has 10 nitrogen and oxygen atoms in total. The van der Waals surface area contributed by atoms with E-state index in [9.17, 15) is 32.0 Å². The van der Waals surface area contributed by atoms with Gasteiger partial charge in [0.05, 0.1) is 0 Å². The first kappa shape index (κ1) is 16.1. The molecule has 4 N–H and O–H groups in total. The molecule has 0 bridgehead atoms. The monoisotopic (exact) mass is 349 g/mol. The lowest BCUT2D eigenvalue weighted by Crippen LogP contribution is -2.01. The fourth-order valence-corrected chi connectivity index (χ4v) is 3.07. The molecule has 118 valence electrons. The quantitative estimate of drug-likeness (QED) is 0.467. The number of phenols is 2. The van der Waals surface area contributed by atoms with Crippen molar-refractivity contribution in [3.05, 3.63) is 23.1 Å². The lowest BCUT2D eigenvalue weighted by molar-refractivity contribution is 0.444. The van der Waals surface area contributed by atoms with Crippen molar-refractivity contribution in [1.82, 2.24) is 0 Å². The molecule has 0 aliphatic heterocycles. The van der Waals surface area contributed by atoms with Gasteiger partial charge in [-0.05, 0) is 28.8 Å². The summed E-state index contributed by atoms with van der Waals surface area (Å²) in [4.78, 5) is 8.74. The summed E-state index contributed by atoms with van der Waals surface area (Å²) >= 11 is 0. The second-order valence-corrected chi connectivity index (χ2v) is 6.93. The molecule has 0 aromatic heterocycles. The van der Waals surface area contributed by atoms with E-state index in [0.717, 1.165) is 0 Å². The number of phenolic OH excluding ortho intramolecular Hbond substituents is 2. The molecular weight excluding hydrogens is 342 g/mol. The van der Waals surface area contributed by atoms with Crippen LogP contribution in [0.5, 0.6) is 11.5 Å². The minimum atomic E-state index is -4.94. The molecule has 0 saturated carbocycles. The summed E-state index contributed by atoms with van der Waals surface area (Å²) in [5, 5.41) is 21.0. The minimum Gasteiger partial charge on any atom is -0.506 e. The Labute approximate surface area is 123 Å². The fourth-order valence-electron chi connectivity index (χ4n) is 1.86. The zero-order valence-electron chi connectivity index (χ0n) is 10.3. The summed E-state index contributed by atoms with van der Waals surface area (Å²) in [6.45, 7) is 0. The van der Waals surface area contributed by atoms with Crippen LogP contribution in [0.1, 0.15) is 0 Å². The van der Waals surface area contributed by atoms with Crippen LogP contribution in [-0.4, -0.2) is 36.2 Å². The van der Waals surface area contributed by atoms with Crippen LogP contribution in [0.2, 0.25) is 0 Å². The van der Waals surface area contributed by atoms with Crippen LogP contribution in [-0.2, 0) is 20.2 Å². The first-order chi connectivity index (χ1) is 9.96. The Hall–Kier alpha value is -2.28. The van der Waals surface area contributed by atoms with Crippen molar-refractivity contribution >= 4 is 36.7 Å². The predicted octanol–water partition coefficient (Wildman–Crippen LogP) is 1.14. The summed E-state index contributed by atoms with van der Waals surface area (Å²) in [6, 6.07) is 2.01. The summed E-state index contributed by atoms with van der Waals surface area (Å²) in [5.41, 5.74) is -0.831. The zero-order chi connectivity index (χ0) is 16.9. The molecule has 0 amide bonds. The van der Waals surface area contributed by atoms with Gasteiger partial charge in [0, 0.05) is 5.39 Å².